The monoisotopic (exact) mass is 834 g/mol. The Morgan fingerprint density at radius 3 is 1.88 bits per heavy atom. The maximum atomic E-state index is 13.9. The summed E-state index contributed by atoms with van der Waals surface area (Å²) in [6, 6.07) is 15.5. The lowest BCUT2D eigenvalue weighted by atomic mass is 10.0. The number of likely N-dealkylation sites (tertiary alicyclic amines) is 2. The molecule has 2 aliphatic heterocycles. The number of aromatic amines is 2. The number of thiophene rings is 2. The summed E-state index contributed by atoms with van der Waals surface area (Å²) in [7, 11) is 2.58. The van der Waals surface area contributed by atoms with Gasteiger partial charge in [0.1, 0.15) is 23.7 Å². The average molecular weight is 835 g/mol. The number of benzene rings is 2. The van der Waals surface area contributed by atoms with Crippen molar-refractivity contribution in [2.24, 2.45) is 5.92 Å². The molecule has 16 heteroatoms. The van der Waals surface area contributed by atoms with Crippen LogP contribution >= 0.6 is 22.7 Å². The molecule has 0 radical (unpaired) electrons. The van der Waals surface area contributed by atoms with Gasteiger partial charge in [-0.15, -0.1) is 22.7 Å². The number of nitrogens with one attached hydrogen (secondary N) is 4. The summed E-state index contributed by atoms with van der Waals surface area (Å²) in [5.41, 5.74) is 6.72. The molecule has 0 spiro atoms. The first-order chi connectivity index (χ1) is 28.6. The molecule has 4 amide bonds. The molecule has 3 unspecified atom stereocenters. The minimum atomic E-state index is -0.881. The van der Waals surface area contributed by atoms with Gasteiger partial charge in [0.15, 0.2) is 0 Å². The van der Waals surface area contributed by atoms with E-state index in [4.69, 9.17) is 19.4 Å². The lowest BCUT2D eigenvalue weighted by molar-refractivity contribution is -0.135. The Hall–Kier alpha value is -6.00. The molecule has 4 aromatic heterocycles. The first kappa shape index (κ1) is 39.8. The number of methoxy groups -OCH3 is 2. The van der Waals surface area contributed by atoms with Crippen molar-refractivity contribution in [3.63, 3.8) is 0 Å². The highest BCUT2D eigenvalue weighted by Crippen LogP contribution is 2.44. The Kier molecular flexibility index (Phi) is 11.5. The van der Waals surface area contributed by atoms with Crippen LogP contribution in [0.1, 0.15) is 74.9 Å². The van der Waals surface area contributed by atoms with Crippen molar-refractivity contribution in [3.8, 4) is 33.6 Å². The summed E-state index contributed by atoms with van der Waals surface area (Å²) in [6.07, 6.45) is 5.56. The second-order valence-electron chi connectivity index (χ2n) is 15.1. The fourth-order valence-corrected chi connectivity index (χ4v) is 10.6. The topological polar surface area (TPSA) is 175 Å². The number of rotatable bonds is 11. The third kappa shape index (κ3) is 7.93. The molecule has 4 atom stereocenters. The Balaban J connectivity index is 0.966. The van der Waals surface area contributed by atoms with E-state index in [2.05, 4.69) is 55.6 Å². The lowest BCUT2D eigenvalue weighted by Gasteiger charge is -2.30. The number of carbonyl (C=O) groups excluding carboxylic acids is 4. The zero-order chi connectivity index (χ0) is 41.2. The van der Waals surface area contributed by atoms with Crippen LogP contribution in [0.5, 0.6) is 0 Å². The van der Waals surface area contributed by atoms with E-state index in [9.17, 15) is 19.2 Å². The molecule has 2 fully saturated rings. The number of alkyl carbamates (subject to hydrolysis) is 2. The molecule has 59 heavy (non-hydrogen) atoms. The highest BCUT2D eigenvalue weighted by Gasteiger charge is 2.39. The van der Waals surface area contributed by atoms with Crippen LogP contribution < -0.4 is 10.6 Å². The zero-order valence-corrected chi connectivity index (χ0v) is 34.8. The van der Waals surface area contributed by atoms with Crippen LogP contribution in [-0.2, 0) is 19.1 Å². The molecule has 6 heterocycles. The number of nitrogens with zero attached hydrogens (tertiary/aromatic N) is 4. The van der Waals surface area contributed by atoms with E-state index >= 15 is 0 Å². The van der Waals surface area contributed by atoms with Gasteiger partial charge in [-0.3, -0.25) is 9.59 Å². The van der Waals surface area contributed by atoms with Crippen molar-refractivity contribution >= 4 is 56.1 Å². The largest absolute Gasteiger partial charge is 0.453 e. The molecule has 8 rings (SSSR count). The molecule has 306 valence electrons. The molecule has 4 N–H and O–H groups in total. The SMILES string of the molecule is COC(=O)NC(C(=O)N1CCCC1c1ncc(-c2ccc(-c3csc4c(-c5cnc(C6CCCN6C(=O)[C@@H](NC(=O)OC)C(C)C)[nH]5)csc34)cc2)[nH]1)c1ccccc1. The number of ether oxygens (including phenoxy) is 2. The predicted molar refractivity (Wildman–Crippen MR) is 227 cm³/mol. The summed E-state index contributed by atoms with van der Waals surface area (Å²) >= 11 is 3.38. The van der Waals surface area contributed by atoms with Crippen LogP contribution in [0.4, 0.5) is 9.59 Å². The van der Waals surface area contributed by atoms with E-state index in [1.54, 1.807) is 27.6 Å². The Labute approximate surface area is 349 Å². The van der Waals surface area contributed by atoms with Crippen molar-refractivity contribution in [1.82, 2.24) is 40.4 Å². The van der Waals surface area contributed by atoms with Crippen LogP contribution in [0.25, 0.3) is 43.0 Å². The van der Waals surface area contributed by atoms with E-state index in [0.29, 0.717) is 24.5 Å². The molecule has 6 aromatic rings. The second-order valence-corrected chi connectivity index (χ2v) is 16.9. The van der Waals surface area contributed by atoms with Gasteiger partial charge in [-0.2, -0.15) is 0 Å². The highest BCUT2D eigenvalue weighted by atomic mass is 32.1. The summed E-state index contributed by atoms with van der Waals surface area (Å²) < 4.78 is 12.0. The minimum Gasteiger partial charge on any atom is -0.453 e. The summed E-state index contributed by atoms with van der Waals surface area (Å²) in [5.74, 6) is 0.982. The third-order valence-corrected chi connectivity index (χ3v) is 13.4. The van der Waals surface area contributed by atoms with E-state index in [-0.39, 0.29) is 29.8 Å². The lowest BCUT2D eigenvalue weighted by Crippen LogP contribution is -2.51. The van der Waals surface area contributed by atoms with Crippen LogP contribution in [0.2, 0.25) is 0 Å². The number of carbonyl (C=O) groups is 4. The molecular formula is C43H46N8O6S2. The van der Waals surface area contributed by atoms with Crippen molar-refractivity contribution in [1.29, 1.82) is 0 Å². The van der Waals surface area contributed by atoms with Crippen LogP contribution in [0, 0.1) is 5.92 Å². The number of amides is 4. The highest BCUT2D eigenvalue weighted by molar-refractivity contribution is 7.27. The summed E-state index contributed by atoms with van der Waals surface area (Å²) in [6.45, 7) is 4.96. The molecule has 0 bridgehead atoms. The van der Waals surface area contributed by atoms with Gasteiger partial charge in [0, 0.05) is 35.0 Å². The third-order valence-electron chi connectivity index (χ3n) is 11.2. The fraction of sp³-hybridized carbons (Fsp3) is 0.349. The maximum Gasteiger partial charge on any atom is 0.407 e. The maximum absolute atomic E-state index is 13.9. The Bertz CT molecular complexity index is 2460. The smallest absolute Gasteiger partial charge is 0.407 e. The van der Waals surface area contributed by atoms with Gasteiger partial charge >= 0.3 is 12.2 Å². The summed E-state index contributed by atoms with van der Waals surface area (Å²) in [4.78, 5) is 71.9. The summed E-state index contributed by atoms with van der Waals surface area (Å²) in [5, 5.41) is 9.77. The van der Waals surface area contributed by atoms with Gasteiger partial charge in [0.05, 0.1) is 59.5 Å². The Morgan fingerprint density at radius 2 is 1.25 bits per heavy atom. The van der Waals surface area contributed by atoms with E-state index in [1.807, 2.05) is 61.5 Å². The molecular weight excluding hydrogens is 789 g/mol. The molecule has 0 aliphatic carbocycles. The standard InChI is InChI=1S/C43H46N8O6S2/c1-24(2)34(48-42(54)56-3)40(52)50-18-8-13-33(50)39-45-21-31(47-39)29-23-59-36-28(22-58-37(29)36)25-14-16-26(17-15-25)30-20-44-38(46-30)32-12-9-19-51(32)41(53)35(49-43(55)57-4)27-10-6-5-7-11-27/h5-7,10-11,14-17,20-24,32-35H,8-9,12-13,18-19H2,1-4H3,(H,44,46)(H,45,47)(H,48,54)(H,49,55)/t32?,33?,34-,35?/m0/s1. The van der Waals surface area contributed by atoms with Crippen molar-refractivity contribution in [3.05, 3.63) is 95.0 Å². The van der Waals surface area contributed by atoms with Crippen LogP contribution in [0.3, 0.4) is 0 Å². The molecule has 0 saturated carbocycles. The first-order valence-electron chi connectivity index (χ1n) is 19.7. The Morgan fingerprint density at radius 1 is 0.712 bits per heavy atom. The number of imidazole rings is 2. The van der Waals surface area contributed by atoms with Crippen LogP contribution in [0.15, 0.2) is 77.8 Å². The van der Waals surface area contributed by atoms with Gasteiger partial charge in [0.2, 0.25) is 5.91 Å². The van der Waals surface area contributed by atoms with Crippen molar-refractivity contribution in [2.45, 2.75) is 63.7 Å². The van der Waals surface area contributed by atoms with Gasteiger partial charge in [-0.05, 0) is 48.3 Å². The molecule has 14 nitrogen and oxygen atoms in total. The van der Waals surface area contributed by atoms with E-state index in [1.165, 1.54) is 18.9 Å². The van der Waals surface area contributed by atoms with E-state index in [0.717, 1.165) is 69.8 Å². The van der Waals surface area contributed by atoms with Crippen molar-refractivity contribution < 1.29 is 28.7 Å². The quantitative estimate of drug-likeness (QED) is 0.101. The zero-order valence-electron chi connectivity index (χ0n) is 33.2. The van der Waals surface area contributed by atoms with Crippen molar-refractivity contribution in [2.75, 3.05) is 27.3 Å². The normalized spacial score (nSPS) is 17.6. The van der Waals surface area contributed by atoms with Gasteiger partial charge in [-0.1, -0.05) is 68.4 Å². The number of hydrogen-bond donors (Lipinski definition) is 4. The van der Waals surface area contributed by atoms with Gasteiger partial charge in [0.25, 0.3) is 5.91 Å². The number of hydrogen-bond acceptors (Lipinski definition) is 10. The van der Waals surface area contributed by atoms with Gasteiger partial charge in [-0.25, -0.2) is 19.6 Å². The van der Waals surface area contributed by atoms with E-state index < -0.39 is 24.3 Å². The number of fused-ring (bicyclic) bond motifs is 1. The second kappa shape index (κ2) is 17.1. The number of aromatic nitrogens is 4. The first-order valence-corrected chi connectivity index (χ1v) is 21.5. The molecule has 2 saturated heterocycles. The average Bonchev–Trinajstić information content (AvgIpc) is 4.11. The number of H-pyrrole nitrogens is 2. The van der Waals surface area contributed by atoms with Crippen LogP contribution in [-0.4, -0.2) is 87.1 Å². The fourth-order valence-electron chi connectivity index (χ4n) is 8.11. The molecule has 2 aromatic carbocycles. The molecule has 2 aliphatic rings. The predicted octanol–water partition coefficient (Wildman–Crippen LogP) is 8.21. The van der Waals surface area contributed by atoms with Gasteiger partial charge < -0.3 is 39.9 Å². The minimum absolute atomic E-state index is 0.109.